The van der Waals surface area contributed by atoms with E-state index in [1.165, 1.54) is 12.1 Å². The van der Waals surface area contributed by atoms with Crippen LogP contribution in [0.3, 0.4) is 0 Å². The standard InChI is InChI=1S/C30H23FN4O3.C2H6.2CH2O/c1-32-29(36)27-22-14-21(18-5-4-6-19(13-18)30-34-23-11-12-33-16-26(23)38-30)24(35(2)3)15-25(22)37-28(27)17-7-9-20(31)10-8-17;3*1-2/h4-16H,1-3H3,(H,32,36);1-2H3;2*1H2. The lowest BCUT2D eigenvalue weighted by Gasteiger charge is -2.18. The zero-order chi connectivity index (χ0) is 32.4. The Morgan fingerprint density at radius 1 is 0.864 bits per heavy atom. The molecule has 226 valence electrons. The van der Waals surface area contributed by atoms with E-state index in [1.807, 2.05) is 88.9 Å². The molecule has 0 fully saturated rings. The van der Waals surface area contributed by atoms with Crippen molar-refractivity contribution < 1.29 is 27.6 Å². The number of pyridine rings is 1. The van der Waals surface area contributed by atoms with Gasteiger partial charge in [0.2, 0.25) is 5.89 Å². The van der Waals surface area contributed by atoms with E-state index in [9.17, 15) is 9.18 Å². The third-order valence-electron chi connectivity index (χ3n) is 6.46. The predicted molar refractivity (Wildman–Crippen MR) is 171 cm³/mol. The highest BCUT2D eigenvalue weighted by Gasteiger charge is 2.24. The van der Waals surface area contributed by atoms with Gasteiger partial charge in [0.05, 0.1) is 11.8 Å². The Hall–Kier alpha value is -5.64. The van der Waals surface area contributed by atoms with Crippen LogP contribution >= 0.6 is 0 Å². The summed E-state index contributed by atoms with van der Waals surface area (Å²) in [5.74, 6) is 0.226. The summed E-state index contributed by atoms with van der Waals surface area (Å²) in [6.07, 6.45) is 3.32. The topological polar surface area (TPSA) is 119 Å². The van der Waals surface area contributed by atoms with Crippen molar-refractivity contribution in [3.63, 3.8) is 0 Å². The third-order valence-corrected chi connectivity index (χ3v) is 6.46. The van der Waals surface area contributed by atoms with Gasteiger partial charge in [0, 0.05) is 61.2 Å². The van der Waals surface area contributed by atoms with Crippen LogP contribution in [0.5, 0.6) is 0 Å². The van der Waals surface area contributed by atoms with Crippen molar-refractivity contribution in [3.05, 3.63) is 90.5 Å². The van der Waals surface area contributed by atoms with Gasteiger partial charge >= 0.3 is 0 Å². The fraction of sp³-hybridized carbons (Fsp3) is 0.147. The van der Waals surface area contributed by atoms with Gasteiger partial charge in [0.1, 0.15) is 36.3 Å². The minimum atomic E-state index is -0.362. The molecule has 44 heavy (non-hydrogen) atoms. The van der Waals surface area contributed by atoms with Crippen molar-refractivity contribution in [3.8, 4) is 33.9 Å². The SMILES string of the molecule is C=O.C=O.CC.CNC(=O)c1c(-c2ccc(F)cc2)oc2cc(N(C)C)c(-c3cccc(-c4nc5ccncc5o4)c3)cc12. The van der Waals surface area contributed by atoms with Crippen molar-refractivity contribution in [1.82, 2.24) is 15.3 Å². The van der Waals surface area contributed by atoms with E-state index in [0.29, 0.717) is 39.3 Å². The van der Waals surface area contributed by atoms with Crippen molar-refractivity contribution in [2.75, 3.05) is 26.0 Å². The van der Waals surface area contributed by atoms with E-state index in [2.05, 4.69) is 15.3 Å². The van der Waals surface area contributed by atoms with Gasteiger partial charge in [-0.3, -0.25) is 9.78 Å². The molecule has 10 heteroatoms. The van der Waals surface area contributed by atoms with Crippen molar-refractivity contribution in [2.45, 2.75) is 13.8 Å². The van der Waals surface area contributed by atoms with Crippen LogP contribution in [-0.4, -0.2) is 50.6 Å². The van der Waals surface area contributed by atoms with Gasteiger partial charge in [0.15, 0.2) is 5.58 Å². The molecule has 0 unspecified atom stereocenters. The van der Waals surface area contributed by atoms with E-state index < -0.39 is 0 Å². The number of hydrogen-bond donors (Lipinski definition) is 1. The second-order valence-electron chi connectivity index (χ2n) is 9.10. The van der Waals surface area contributed by atoms with Gasteiger partial charge in [-0.2, -0.15) is 0 Å². The van der Waals surface area contributed by atoms with E-state index in [0.717, 1.165) is 27.9 Å². The lowest BCUT2D eigenvalue weighted by Crippen LogP contribution is -2.18. The number of fused-ring (bicyclic) bond motifs is 2. The number of halogens is 1. The first-order valence-corrected chi connectivity index (χ1v) is 13.6. The number of nitrogens with zero attached hydrogens (tertiary/aromatic N) is 3. The molecule has 6 rings (SSSR count). The minimum absolute atomic E-state index is 0.291. The molecule has 9 nitrogen and oxygen atoms in total. The van der Waals surface area contributed by atoms with Gasteiger partial charge in [-0.25, -0.2) is 9.37 Å². The highest BCUT2D eigenvalue weighted by atomic mass is 19.1. The molecule has 0 atom stereocenters. The average molecular weight is 597 g/mol. The minimum Gasteiger partial charge on any atom is -0.455 e. The van der Waals surface area contributed by atoms with E-state index in [1.54, 1.807) is 31.6 Å². The number of nitrogens with one attached hydrogen (secondary N) is 1. The third kappa shape index (κ3) is 6.54. The van der Waals surface area contributed by atoms with Crippen LogP contribution in [0, 0.1) is 5.82 Å². The molecule has 0 aliphatic heterocycles. The van der Waals surface area contributed by atoms with Crippen molar-refractivity contribution in [1.29, 1.82) is 0 Å². The molecule has 1 amide bonds. The molecule has 3 aromatic carbocycles. The molecule has 3 heterocycles. The van der Waals surface area contributed by atoms with Gasteiger partial charge in [-0.05, 0) is 54.1 Å². The molecule has 6 aromatic rings. The molecule has 0 aliphatic rings. The molecule has 0 bridgehead atoms. The van der Waals surface area contributed by atoms with Crippen LogP contribution < -0.4 is 10.2 Å². The quantitative estimate of drug-likeness (QED) is 0.222. The number of anilines is 1. The molecule has 1 N–H and O–H groups in total. The van der Waals surface area contributed by atoms with Gasteiger partial charge < -0.3 is 28.6 Å². The number of oxazole rings is 1. The van der Waals surface area contributed by atoms with E-state index >= 15 is 0 Å². The first-order valence-electron chi connectivity index (χ1n) is 13.6. The van der Waals surface area contributed by atoms with Crippen LogP contribution in [0.2, 0.25) is 0 Å². The van der Waals surface area contributed by atoms with Gasteiger partial charge in [-0.15, -0.1) is 0 Å². The highest BCUT2D eigenvalue weighted by Crippen LogP contribution is 2.41. The van der Waals surface area contributed by atoms with E-state index in [4.69, 9.17) is 18.4 Å². The maximum absolute atomic E-state index is 13.6. The Bertz CT molecular complexity index is 1830. The van der Waals surface area contributed by atoms with Crippen LogP contribution in [0.1, 0.15) is 24.2 Å². The maximum Gasteiger partial charge on any atom is 0.255 e. The van der Waals surface area contributed by atoms with Gasteiger partial charge in [0.25, 0.3) is 5.91 Å². The van der Waals surface area contributed by atoms with Gasteiger partial charge in [-0.1, -0.05) is 26.0 Å². The zero-order valence-electron chi connectivity index (χ0n) is 25.2. The molecule has 0 radical (unpaired) electrons. The summed E-state index contributed by atoms with van der Waals surface area (Å²) >= 11 is 0. The number of aromatic nitrogens is 2. The largest absolute Gasteiger partial charge is 0.455 e. The molecule has 0 aliphatic carbocycles. The summed E-state index contributed by atoms with van der Waals surface area (Å²) in [4.78, 5) is 39.8. The van der Waals surface area contributed by atoms with Crippen LogP contribution in [0.25, 0.3) is 56.0 Å². The second-order valence-corrected chi connectivity index (χ2v) is 9.10. The Morgan fingerprint density at radius 3 is 2.18 bits per heavy atom. The Morgan fingerprint density at radius 2 is 1.55 bits per heavy atom. The molecule has 3 aromatic heterocycles. The highest BCUT2D eigenvalue weighted by molar-refractivity contribution is 6.13. The average Bonchev–Trinajstić information content (AvgIpc) is 3.69. The lowest BCUT2D eigenvalue weighted by molar-refractivity contribution is -0.0987. The molecular formula is C34H33FN4O5. The number of carbonyl (C=O) groups is 3. The fourth-order valence-corrected chi connectivity index (χ4v) is 4.61. The molecule has 0 spiro atoms. The Kier molecular flexibility index (Phi) is 11.2. The predicted octanol–water partition coefficient (Wildman–Crippen LogP) is 7.19. The number of hydrogen-bond acceptors (Lipinski definition) is 8. The number of furan rings is 1. The van der Waals surface area contributed by atoms with Crippen molar-refractivity contribution in [2.24, 2.45) is 0 Å². The summed E-state index contributed by atoms with van der Waals surface area (Å²) in [6, 6.07) is 19.5. The van der Waals surface area contributed by atoms with Crippen LogP contribution in [0.15, 0.2) is 88.0 Å². The maximum atomic E-state index is 13.6. The van der Waals surface area contributed by atoms with Crippen LogP contribution in [0.4, 0.5) is 10.1 Å². The Balaban J connectivity index is 0.000000832. The number of benzene rings is 3. The first-order chi connectivity index (χ1) is 21.4. The van der Waals surface area contributed by atoms with Crippen molar-refractivity contribution >= 4 is 47.2 Å². The summed E-state index contributed by atoms with van der Waals surface area (Å²) in [5, 5.41) is 3.37. The normalized spacial score (nSPS) is 10.0. The summed E-state index contributed by atoms with van der Waals surface area (Å²) in [5.41, 5.74) is 6.44. The first kappa shape index (κ1) is 32.9. The fourth-order valence-electron chi connectivity index (χ4n) is 4.61. The number of rotatable bonds is 5. The summed E-state index contributed by atoms with van der Waals surface area (Å²) in [6.45, 7) is 8.00. The smallest absolute Gasteiger partial charge is 0.255 e. The van der Waals surface area contributed by atoms with E-state index in [-0.39, 0.29) is 11.7 Å². The Labute approximate surface area is 254 Å². The molecule has 0 saturated carbocycles. The summed E-state index contributed by atoms with van der Waals surface area (Å²) < 4.78 is 25.8. The second kappa shape index (κ2) is 15.0. The monoisotopic (exact) mass is 596 g/mol. The lowest BCUT2D eigenvalue weighted by atomic mass is 9.97. The summed E-state index contributed by atoms with van der Waals surface area (Å²) in [7, 11) is 5.47. The number of carbonyl (C=O) groups excluding carboxylic acids is 3. The zero-order valence-corrected chi connectivity index (χ0v) is 25.2. The number of amides is 1. The molecular weight excluding hydrogens is 563 g/mol. The molecule has 0 saturated heterocycles. The van der Waals surface area contributed by atoms with Crippen LogP contribution in [-0.2, 0) is 9.59 Å².